The number of hydrogen-bond acceptors (Lipinski definition) is 5. The molecule has 0 aromatic heterocycles. The van der Waals surface area contributed by atoms with Gasteiger partial charge in [0.2, 0.25) is 0 Å². The highest BCUT2D eigenvalue weighted by Crippen LogP contribution is 2.33. The number of piperidine rings is 1. The molecule has 1 aromatic carbocycles. The second-order valence-electron chi connectivity index (χ2n) is 5.08. The van der Waals surface area contributed by atoms with Crippen LogP contribution in [0.3, 0.4) is 0 Å². The maximum Gasteiger partial charge on any atom is 0.292 e. The van der Waals surface area contributed by atoms with Crippen LogP contribution in [0.15, 0.2) is 18.2 Å². The van der Waals surface area contributed by atoms with Gasteiger partial charge < -0.3 is 15.4 Å². The molecule has 2 rings (SSSR count). The summed E-state index contributed by atoms with van der Waals surface area (Å²) >= 11 is 0. The van der Waals surface area contributed by atoms with Crippen molar-refractivity contribution in [2.24, 2.45) is 0 Å². The lowest BCUT2D eigenvalue weighted by molar-refractivity contribution is -0.384. The summed E-state index contributed by atoms with van der Waals surface area (Å²) in [5.74, 6) is 0.616. The molecule has 104 valence electrons. The molecule has 19 heavy (non-hydrogen) atoms. The van der Waals surface area contributed by atoms with Crippen molar-refractivity contribution in [3.63, 3.8) is 0 Å². The van der Waals surface area contributed by atoms with Gasteiger partial charge in [-0.3, -0.25) is 10.1 Å². The van der Waals surface area contributed by atoms with Crippen LogP contribution in [0.5, 0.6) is 5.75 Å². The van der Waals surface area contributed by atoms with E-state index in [1.807, 2.05) is 0 Å². The monoisotopic (exact) mass is 265 g/mol. The third-order valence-corrected chi connectivity index (χ3v) is 3.54. The highest BCUT2D eigenvalue weighted by Gasteiger charge is 2.29. The fourth-order valence-corrected chi connectivity index (χ4v) is 2.33. The summed E-state index contributed by atoms with van der Waals surface area (Å²) in [6.07, 6.45) is 1.86. The minimum Gasteiger partial charge on any atom is -0.497 e. The van der Waals surface area contributed by atoms with E-state index in [2.05, 4.69) is 17.6 Å². The largest absolute Gasteiger partial charge is 0.497 e. The van der Waals surface area contributed by atoms with E-state index in [0.29, 0.717) is 11.4 Å². The number of benzene rings is 1. The van der Waals surface area contributed by atoms with Crippen molar-refractivity contribution in [3.8, 4) is 5.75 Å². The summed E-state index contributed by atoms with van der Waals surface area (Å²) in [4.78, 5) is 10.7. The van der Waals surface area contributed by atoms with Gasteiger partial charge in [0.1, 0.15) is 11.4 Å². The molecule has 6 heteroatoms. The number of nitrogens with one attached hydrogen (secondary N) is 2. The van der Waals surface area contributed by atoms with Gasteiger partial charge in [-0.1, -0.05) is 0 Å². The Bertz CT molecular complexity index is 470. The molecule has 1 aliphatic rings. The summed E-state index contributed by atoms with van der Waals surface area (Å²) < 4.78 is 5.14. The Hall–Kier alpha value is -1.82. The average molecular weight is 265 g/mol. The van der Waals surface area contributed by atoms with Gasteiger partial charge >= 0.3 is 0 Å². The van der Waals surface area contributed by atoms with Crippen molar-refractivity contribution in [2.75, 3.05) is 25.5 Å². The number of methoxy groups -OCH3 is 1. The molecule has 0 radical (unpaired) electrons. The number of nitro groups is 1. The second-order valence-corrected chi connectivity index (χ2v) is 5.08. The van der Waals surface area contributed by atoms with Crippen molar-refractivity contribution < 1.29 is 9.66 Å². The average Bonchev–Trinajstić information content (AvgIpc) is 2.38. The van der Waals surface area contributed by atoms with Gasteiger partial charge in [-0.15, -0.1) is 0 Å². The van der Waals surface area contributed by atoms with Crippen LogP contribution >= 0.6 is 0 Å². The van der Waals surface area contributed by atoms with Crippen LogP contribution in [0.1, 0.15) is 19.8 Å². The fourth-order valence-electron chi connectivity index (χ4n) is 2.33. The predicted molar refractivity (Wildman–Crippen MR) is 73.8 cm³/mol. The number of rotatable bonds is 4. The van der Waals surface area contributed by atoms with Gasteiger partial charge in [-0.25, -0.2) is 0 Å². The minimum absolute atomic E-state index is 0.0838. The molecule has 1 aliphatic heterocycles. The number of ether oxygens (including phenoxy) is 1. The topological polar surface area (TPSA) is 76.4 Å². The van der Waals surface area contributed by atoms with Gasteiger partial charge in [-0.05, 0) is 38.9 Å². The van der Waals surface area contributed by atoms with Crippen LogP contribution in [0.4, 0.5) is 11.4 Å². The standard InChI is InChI=1S/C13H19N3O3/c1-13(5-7-14-8-6-13)15-11-9-10(19-2)3-4-12(11)16(17)18/h3-4,9,14-15H,5-8H2,1-2H3. The van der Waals surface area contributed by atoms with Crippen LogP contribution in [0.25, 0.3) is 0 Å². The third kappa shape index (κ3) is 3.14. The molecule has 6 nitrogen and oxygen atoms in total. The van der Waals surface area contributed by atoms with Gasteiger partial charge in [0.25, 0.3) is 5.69 Å². The molecule has 1 aromatic rings. The zero-order valence-electron chi connectivity index (χ0n) is 11.2. The lowest BCUT2D eigenvalue weighted by atomic mass is 9.90. The molecule has 1 saturated heterocycles. The maximum atomic E-state index is 11.1. The van der Waals surface area contributed by atoms with Crippen molar-refractivity contribution >= 4 is 11.4 Å². The SMILES string of the molecule is COc1ccc([N+](=O)[O-])c(NC2(C)CCNCC2)c1. The summed E-state index contributed by atoms with van der Waals surface area (Å²) in [7, 11) is 1.55. The molecule has 0 bridgehead atoms. The Balaban J connectivity index is 2.28. The van der Waals surface area contributed by atoms with E-state index in [1.165, 1.54) is 6.07 Å². The summed E-state index contributed by atoms with van der Waals surface area (Å²) in [5, 5.41) is 17.7. The normalized spacial score (nSPS) is 17.8. The van der Waals surface area contributed by atoms with Crippen molar-refractivity contribution in [3.05, 3.63) is 28.3 Å². The molecule has 0 unspecified atom stereocenters. The van der Waals surface area contributed by atoms with E-state index < -0.39 is 0 Å². The number of nitro benzene ring substituents is 1. The Labute approximate surface area is 112 Å². The summed E-state index contributed by atoms with van der Waals surface area (Å²) in [5.41, 5.74) is 0.483. The Morgan fingerprint density at radius 1 is 1.42 bits per heavy atom. The van der Waals surface area contributed by atoms with Crippen LogP contribution in [0, 0.1) is 10.1 Å². The Kier molecular flexibility index (Phi) is 3.90. The lowest BCUT2D eigenvalue weighted by Gasteiger charge is -2.35. The van der Waals surface area contributed by atoms with Crippen LogP contribution < -0.4 is 15.4 Å². The van der Waals surface area contributed by atoms with Gasteiger partial charge in [-0.2, -0.15) is 0 Å². The molecule has 0 saturated carbocycles. The van der Waals surface area contributed by atoms with E-state index in [0.717, 1.165) is 25.9 Å². The lowest BCUT2D eigenvalue weighted by Crippen LogP contribution is -2.45. The summed E-state index contributed by atoms with van der Waals surface area (Å²) in [6, 6.07) is 4.77. The first-order chi connectivity index (χ1) is 9.04. The minimum atomic E-state index is -0.369. The third-order valence-electron chi connectivity index (χ3n) is 3.54. The van der Waals surface area contributed by atoms with Gasteiger partial charge in [0.05, 0.1) is 12.0 Å². The molecule has 1 fully saturated rings. The first kappa shape index (κ1) is 13.6. The highest BCUT2D eigenvalue weighted by atomic mass is 16.6. The molecular weight excluding hydrogens is 246 g/mol. The molecule has 0 amide bonds. The van der Waals surface area contributed by atoms with Crippen LogP contribution in [-0.2, 0) is 0 Å². The van der Waals surface area contributed by atoms with Crippen LogP contribution in [0.2, 0.25) is 0 Å². The first-order valence-corrected chi connectivity index (χ1v) is 6.35. The van der Waals surface area contributed by atoms with Crippen molar-refractivity contribution in [1.29, 1.82) is 0 Å². The Morgan fingerprint density at radius 2 is 2.11 bits per heavy atom. The first-order valence-electron chi connectivity index (χ1n) is 6.35. The van der Waals surface area contributed by atoms with Crippen molar-refractivity contribution in [2.45, 2.75) is 25.3 Å². The smallest absolute Gasteiger partial charge is 0.292 e. The van der Waals surface area contributed by atoms with E-state index in [-0.39, 0.29) is 16.1 Å². The Morgan fingerprint density at radius 3 is 2.68 bits per heavy atom. The number of nitrogens with zero attached hydrogens (tertiary/aromatic N) is 1. The fraction of sp³-hybridized carbons (Fsp3) is 0.538. The van der Waals surface area contributed by atoms with E-state index in [4.69, 9.17) is 4.74 Å². The number of anilines is 1. The van der Waals surface area contributed by atoms with Crippen molar-refractivity contribution in [1.82, 2.24) is 5.32 Å². The van der Waals surface area contributed by atoms with E-state index in [9.17, 15) is 10.1 Å². The zero-order chi connectivity index (χ0) is 13.9. The molecule has 0 aliphatic carbocycles. The highest BCUT2D eigenvalue weighted by molar-refractivity contribution is 5.65. The van der Waals surface area contributed by atoms with Crippen LogP contribution in [-0.4, -0.2) is 30.7 Å². The second kappa shape index (κ2) is 5.44. The predicted octanol–water partition coefficient (Wildman–Crippen LogP) is 2.16. The molecule has 0 spiro atoms. The molecule has 0 atom stereocenters. The van der Waals surface area contributed by atoms with Gasteiger partial charge in [0.15, 0.2) is 0 Å². The maximum absolute atomic E-state index is 11.1. The molecule has 1 heterocycles. The van der Waals surface area contributed by atoms with Gasteiger partial charge in [0, 0.05) is 17.7 Å². The number of hydrogen-bond donors (Lipinski definition) is 2. The molecule has 2 N–H and O–H groups in total. The van der Waals surface area contributed by atoms with E-state index in [1.54, 1.807) is 19.2 Å². The quantitative estimate of drug-likeness (QED) is 0.644. The zero-order valence-corrected chi connectivity index (χ0v) is 11.2. The molecular formula is C13H19N3O3. The summed E-state index contributed by atoms with van der Waals surface area (Å²) in [6.45, 7) is 3.93. The van der Waals surface area contributed by atoms with E-state index >= 15 is 0 Å².